The van der Waals surface area contributed by atoms with Crippen LogP contribution in [-0.4, -0.2) is 77.5 Å². The molecule has 1 saturated heterocycles. The van der Waals surface area contributed by atoms with Crippen molar-refractivity contribution in [3.63, 3.8) is 0 Å². The van der Waals surface area contributed by atoms with E-state index in [2.05, 4.69) is 56.3 Å². The number of likely N-dealkylation sites (N-methyl/N-ethyl adjacent to an activating group) is 1. The highest BCUT2D eigenvalue weighted by Gasteiger charge is 2.22. The topological polar surface area (TPSA) is 77.8 Å². The van der Waals surface area contributed by atoms with Crippen molar-refractivity contribution in [3.05, 3.63) is 54.1 Å². The van der Waals surface area contributed by atoms with Gasteiger partial charge in [-0.05, 0) is 25.3 Å². The number of benzene rings is 1. The summed E-state index contributed by atoms with van der Waals surface area (Å²) in [6.07, 6.45) is 5.82. The monoisotopic (exact) mass is 425 g/mol. The first-order valence-electron chi connectivity index (χ1n) is 11.1. The van der Waals surface area contributed by atoms with Crippen LogP contribution in [0.4, 0.5) is 0 Å². The minimum absolute atomic E-state index is 0.160. The van der Waals surface area contributed by atoms with Crippen LogP contribution in [0.1, 0.15) is 31.2 Å². The number of nitrogens with one attached hydrogen (secondary N) is 2. The molecule has 0 aliphatic carbocycles. The first kappa shape index (κ1) is 22.8. The number of imidazole rings is 1. The second-order valence-corrected chi connectivity index (χ2v) is 8.14. The molecule has 2 heterocycles. The van der Waals surface area contributed by atoms with E-state index in [-0.39, 0.29) is 5.91 Å². The van der Waals surface area contributed by atoms with Crippen molar-refractivity contribution in [3.8, 4) is 0 Å². The van der Waals surface area contributed by atoms with E-state index >= 15 is 0 Å². The summed E-state index contributed by atoms with van der Waals surface area (Å²) in [5.41, 5.74) is 1.25. The third-order valence-corrected chi connectivity index (χ3v) is 5.51. The van der Waals surface area contributed by atoms with Gasteiger partial charge in [-0.2, -0.15) is 0 Å². The van der Waals surface area contributed by atoms with Gasteiger partial charge in [0.1, 0.15) is 12.4 Å². The molecule has 1 aromatic heterocycles. The van der Waals surface area contributed by atoms with Crippen LogP contribution in [0, 0.1) is 0 Å². The molecule has 1 aliphatic rings. The number of amides is 1. The lowest BCUT2D eigenvalue weighted by Gasteiger charge is -2.33. The fourth-order valence-corrected chi connectivity index (χ4v) is 3.65. The predicted molar refractivity (Wildman–Crippen MR) is 124 cm³/mol. The zero-order valence-electron chi connectivity index (χ0n) is 18.9. The van der Waals surface area contributed by atoms with Gasteiger partial charge in [0.05, 0.1) is 6.54 Å². The van der Waals surface area contributed by atoms with Gasteiger partial charge in [-0.1, -0.05) is 30.3 Å². The molecule has 2 N–H and O–H groups in total. The average molecular weight is 426 g/mol. The number of likely N-dealkylation sites (tertiary alicyclic amines) is 1. The standard InChI is InChI=1S/C23H35N7O/c1-4-24-23(27-20-10-13-29(14-11-20)18-22(31)28(2)3)26-16-21-25-12-15-30(21)17-19-8-6-5-7-9-19/h5-9,12,15,20H,4,10-11,13-14,16-18H2,1-3H3,(H2,24,26,27). The van der Waals surface area contributed by atoms with Crippen LogP contribution >= 0.6 is 0 Å². The van der Waals surface area contributed by atoms with E-state index in [1.54, 1.807) is 19.0 Å². The van der Waals surface area contributed by atoms with Gasteiger partial charge in [-0.3, -0.25) is 9.69 Å². The Hall–Kier alpha value is -2.87. The molecule has 2 aromatic rings. The van der Waals surface area contributed by atoms with Gasteiger partial charge in [-0.25, -0.2) is 9.98 Å². The summed E-state index contributed by atoms with van der Waals surface area (Å²) in [7, 11) is 3.61. The summed E-state index contributed by atoms with van der Waals surface area (Å²) in [4.78, 5) is 25.1. The third-order valence-electron chi connectivity index (χ3n) is 5.51. The predicted octanol–water partition coefficient (Wildman–Crippen LogP) is 1.54. The Kier molecular flexibility index (Phi) is 8.46. The van der Waals surface area contributed by atoms with Crippen LogP contribution in [-0.2, 0) is 17.9 Å². The van der Waals surface area contributed by atoms with Crippen LogP contribution in [0.25, 0.3) is 0 Å². The minimum Gasteiger partial charge on any atom is -0.357 e. The SMILES string of the molecule is CCNC(=NCc1nccn1Cc1ccccc1)NC1CCN(CC(=O)N(C)C)CC1. The molecular formula is C23H35N7O. The van der Waals surface area contributed by atoms with E-state index in [4.69, 9.17) is 4.99 Å². The van der Waals surface area contributed by atoms with Gasteiger partial charge < -0.3 is 20.1 Å². The van der Waals surface area contributed by atoms with Gasteiger partial charge in [0.25, 0.3) is 0 Å². The van der Waals surface area contributed by atoms with Crippen molar-refractivity contribution in [2.24, 2.45) is 4.99 Å². The quantitative estimate of drug-likeness (QED) is 0.496. The van der Waals surface area contributed by atoms with Crippen molar-refractivity contribution in [1.82, 2.24) is 30.0 Å². The first-order valence-corrected chi connectivity index (χ1v) is 11.1. The van der Waals surface area contributed by atoms with Crippen LogP contribution in [0.5, 0.6) is 0 Å². The number of aliphatic imine (C=N–C) groups is 1. The number of carbonyl (C=O) groups excluding carboxylic acids is 1. The second kappa shape index (κ2) is 11.5. The Labute approximate surface area is 185 Å². The molecule has 0 radical (unpaired) electrons. The fraction of sp³-hybridized carbons (Fsp3) is 0.522. The zero-order valence-corrected chi connectivity index (χ0v) is 18.9. The fourth-order valence-electron chi connectivity index (χ4n) is 3.65. The molecule has 168 valence electrons. The number of carbonyl (C=O) groups is 1. The molecule has 0 unspecified atom stereocenters. The number of guanidine groups is 1. The summed E-state index contributed by atoms with van der Waals surface area (Å²) in [5, 5.41) is 6.91. The minimum atomic E-state index is 0.160. The lowest BCUT2D eigenvalue weighted by molar-refractivity contribution is -0.130. The number of aromatic nitrogens is 2. The van der Waals surface area contributed by atoms with Crippen molar-refractivity contribution in [1.29, 1.82) is 0 Å². The molecule has 1 amide bonds. The molecule has 0 saturated carbocycles. The van der Waals surface area contributed by atoms with E-state index in [1.165, 1.54) is 5.56 Å². The number of rotatable bonds is 8. The number of hydrogen-bond acceptors (Lipinski definition) is 4. The molecule has 0 bridgehead atoms. The highest BCUT2D eigenvalue weighted by Crippen LogP contribution is 2.11. The molecule has 3 rings (SSSR count). The summed E-state index contributed by atoms with van der Waals surface area (Å²) in [5.74, 6) is 1.92. The zero-order chi connectivity index (χ0) is 22.1. The van der Waals surface area contributed by atoms with Crippen molar-refractivity contribution < 1.29 is 4.79 Å². The Morgan fingerprint density at radius 2 is 1.97 bits per heavy atom. The maximum absolute atomic E-state index is 11.9. The summed E-state index contributed by atoms with van der Waals surface area (Å²) >= 11 is 0. The Balaban J connectivity index is 1.53. The molecule has 0 atom stereocenters. The van der Waals surface area contributed by atoms with Crippen molar-refractivity contribution in [2.75, 3.05) is 40.3 Å². The number of hydrogen-bond donors (Lipinski definition) is 2. The van der Waals surface area contributed by atoms with Gasteiger partial charge >= 0.3 is 0 Å². The second-order valence-electron chi connectivity index (χ2n) is 8.14. The van der Waals surface area contributed by atoms with E-state index in [0.29, 0.717) is 19.1 Å². The van der Waals surface area contributed by atoms with E-state index in [9.17, 15) is 4.79 Å². The smallest absolute Gasteiger partial charge is 0.236 e. The largest absolute Gasteiger partial charge is 0.357 e. The van der Waals surface area contributed by atoms with E-state index < -0.39 is 0 Å². The first-order chi connectivity index (χ1) is 15.0. The van der Waals surface area contributed by atoms with Crippen molar-refractivity contribution >= 4 is 11.9 Å². The molecule has 8 nitrogen and oxygen atoms in total. The Bertz CT molecular complexity index is 839. The molecule has 31 heavy (non-hydrogen) atoms. The lowest BCUT2D eigenvalue weighted by Crippen LogP contribution is -2.50. The summed E-state index contributed by atoms with van der Waals surface area (Å²) < 4.78 is 2.14. The maximum atomic E-state index is 11.9. The van der Waals surface area contributed by atoms with Gasteiger partial charge in [0, 0.05) is 58.7 Å². The third kappa shape index (κ3) is 7.10. The molecule has 1 aliphatic heterocycles. The highest BCUT2D eigenvalue weighted by atomic mass is 16.2. The van der Waals surface area contributed by atoms with Crippen LogP contribution in [0.3, 0.4) is 0 Å². The molecule has 0 spiro atoms. The molecule has 1 fully saturated rings. The van der Waals surface area contributed by atoms with E-state index in [1.807, 2.05) is 18.5 Å². The van der Waals surface area contributed by atoms with Crippen molar-refractivity contribution in [2.45, 2.75) is 38.9 Å². The van der Waals surface area contributed by atoms with E-state index in [0.717, 1.165) is 50.8 Å². The van der Waals surface area contributed by atoms with Crippen LogP contribution in [0.15, 0.2) is 47.7 Å². The summed E-state index contributed by atoms with van der Waals surface area (Å²) in [6, 6.07) is 10.7. The van der Waals surface area contributed by atoms with Crippen LogP contribution in [0.2, 0.25) is 0 Å². The Morgan fingerprint density at radius 1 is 1.23 bits per heavy atom. The number of nitrogens with zero attached hydrogens (tertiary/aromatic N) is 5. The van der Waals surface area contributed by atoms with Gasteiger partial charge in [-0.15, -0.1) is 0 Å². The normalized spacial score (nSPS) is 15.6. The van der Waals surface area contributed by atoms with Crippen LogP contribution < -0.4 is 10.6 Å². The molecule has 1 aromatic carbocycles. The molecular weight excluding hydrogens is 390 g/mol. The molecule has 8 heteroatoms. The lowest BCUT2D eigenvalue weighted by atomic mass is 10.1. The Morgan fingerprint density at radius 3 is 2.65 bits per heavy atom. The maximum Gasteiger partial charge on any atom is 0.236 e. The highest BCUT2D eigenvalue weighted by molar-refractivity contribution is 5.80. The number of piperidine rings is 1. The summed E-state index contributed by atoms with van der Waals surface area (Å²) in [6.45, 7) is 6.52. The average Bonchev–Trinajstić information content (AvgIpc) is 3.21. The van der Waals surface area contributed by atoms with Gasteiger partial charge in [0.15, 0.2) is 5.96 Å². The van der Waals surface area contributed by atoms with Gasteiger partial charge in [0.2, 0.25) is 5.91 Å².